The van der Waals surface area contributed by atoms with Gasteiger partial charge in [0.05, 0.1) is 6.61 Å². The molecule has 3 rings (SSSR count). The van der Waals surface area contributed by atoms with Gasteiger partial charge in [-0.15, -0.1) is 5.10 Å². The van der Waals surface area contributed by atoms with E-state index in [0.717, 1.165) is 32.6 Å². The smallest absolute Gasteiger partial charge is 0.293 e. The van der Waals surface area contributed by atoms with Crippen LogP contribution in [0.5, 0.6) is 0 Å². The van der Waals surface area contributed by atoms with Crippen molar-refractivity contribution in [1.29, 1.82) is 0 Å². The molecule has 1 atom stereocenters. The zero-order chi connectivity index (χ0) is 14.7. The van der Waals surface area contributed by atoms with Crippen LogP contribution in [0, 0.1) is 5.92 Å². The number of ether oxygens (including phenoxy) is 1. The van der Waals surface area contributed by atoms with Gasteiger partial charge in [-0.1, -0.05) is 6.92 Å². The van der Waals surface area contributed by atoms with E-state index in [1.54, 1.807) is 23.4 Å². The molecule has 7 heteroatoms. The van der Waals surface area contributed by atoms with E-state index < -0.39 is 0 Å². The number of amides is 1. The van der Waals surface area contributed by atoms with Crippen LogP contribution in [0.2, 0.25) is 0 Å². The first-order valence-corrected chi connectivity index (χ1v) is 7.32. The Morgan fingerprint density at radius 1 is 1.52 bits per heavy atom. The highest BCUT2D eigenvalue weighted by atomic mass is 16.5. The van der Waals surface area contributed by atoms with Gasteiger partial charge in [-0.2, -0.15) is 4.98 Å². The van der Waals surface area contributed by atoms with E-state index in [9.17, 15) is 4.79 Å². The molecule has 1 saturated heterocycles. The Morgan fingerprint density at radius 2 is 2.43 bits per heavy atom. The monoisotopic (exact) mass is 289 g/mol. The minimum atomic E-state index is -0.126. The van der Waals surface area contributed by atoms with Crippen molar-refractivity contribution in [3.8, 4) is 0 Å². The van der Waals surface area contributed by atoms with Crippen LogP contribution in [0.3, 0.4) is 0 Å². The fourth-order valence-electron chi connectivity index (χ4n) is 2.51. The van der Waals surface area contributed by atoms with Crippen molar-refractivity contribution in [3.05, 3.63) is 24.3 Å². The molecule has 0 aromatic carbocycles. The average Bonchev–Trinajstić information content (AvgIpc) is 3.13. The highest BCUT2D eigenvalue weighted by Crippen LogP contribution is 2.18. The third kappa shape index (κ3) is 3.02. The van der Waals surface area contributed by atoms with Crippen molar-refractivity contribution < 1.29 is 9.53 Å². The largest absolute Gasteiger partial charge is 0.381 e. The first-order chi connectivity index (χ1) is 10.3. The molecule has 0 spiro atoms. The van der Waals surface area contributed by atoms with Crippen LogP contribution in [-0.2, 0) is 4.74 Å². The maximum absolute atomic E-state index is 12.4. The Hall–Kier alpha value is -2.02. The van der Waals surface area contributed by atoms with Crippen LogP contribution < -0.4 is 0 Å². The average molecular weight is 289 g/mol. The summed E-state index contributed by atoms with van der Waals surface area (Å²) >= 11 is 0. The number of hydrogen-bond donors (Lipinski definition) is 0. The second-order valence-corrected chi connectivity index (χ2v) is 5.28. The summed E-state index contributed by atoms with van der Waals surface area (Å²) in [5.41, 5.74) is 0. The lowest BCUT2D eigenvalue weighted by Gasteiger charge is -2.14. The quantitative estimate of drug-likeness (QED) is 0.768. The van der Waals surface area contributed by atoms with E-state index >= 15 is 0 Å². The van der Waals surface area contributed by atoms with E-state index in [-0.39, 0.29) is 11.7 Å². The van der Waals surface area contributed by atoms with E-state index in [1.165, 1.54) is 4.52 Å². The summed E-state index contributed by atoms with van der Waals surface area (Å²) in [6.07, 6.45) is 5.36. The van der Waals surface area contributed by atoms with Crippen molar-refractivity contribution in [1.82, 2.24) is 24.5 Å². The van der Waals surface area contributed by atoms with Crippen LogP contribution in [0.15, 0.2) is 18.5 Å². The summed E-state index contributed by atoms with van der Waals surface area (Å²) in [5.74, 6) is 0.945. The Morgan fingerprint density at radius 3 is 3.24 bits per heavy atom. The molecule has 0 unspecified atom stereocenters. The van der Waals surface area contributed by atoms with Crippen molar-refractivity contribution in [2.45, 2.75) is 19.8 Å². The highest BCUT2D eigenvalue weighted by molar-refractivity contribution is 5.91. The molecule has 1 aliphatic rings. The minimum Gasteiger partial charge on any atom is -0.381 e. The fraction of sp³-hybridized carbons (Fsp3) is 0.571. The lowest BCUT2D eigenvalue weighted by Crippen LogP contribution is -2.30. The van der Waals surface area contributed by atoms with Gasteiger partial charge in [0.25, 0.3) is 11.7 Å². The van der Waals surface area contributed by atoms with Gasteiger partial charge in [-0.05, 0) is 18.9 Å². The van der Waals surface area contributed by atoms with E-state index in [4.69, 9.17) is 4.74 Å². The number of carbonyl (C=O) groups excluding carboxylic acids is 1. The number of carbonyl (C=O) groups is 1. The SMILES string of the molecule is CCCOC[C@@H]1CCN(C(=O)c2nc3ncccn3n2)C1. The van der Waals surface area contributed by atoms with Crippen LogP contribution in [0.25, 0.3) is 5.78 Å². The summed E-state index contributed by atoms with van der Waals surface area (Å²) in [6, 6.07) is 1.76. The molecular weight excluding hydrogens is 270 g/mol. The number of fused-ring (bicyclic) bond motifs is 1. The number of likely N-dealkylation sites (tertiary alicyclic amines) is 1. The lowest BCUT2D eigenvalue weighted by molar-refractivity contribution is 0.0743. The molecule has 0 bridgehead atoms. The maximum atomic E-state index is 12.4. The standard InChI is InChI=1S/C14H19N5O2/c1-2-8-21-10-11-4-7-18(9-11)13(20)12-16-14-15-5-3-6-19(14)17-12/h3,5-6,11H,2,4,7-10H2,1H3/t11-/m1/s1. The van der Waals surface area contributed by atoms with Gasteiger partial charge in [0, 0.05) is 38.0 Å². The van der Waals surface area contributed by atoms with Crippen molar-refractivity contribution in [2.24, 2.45) is 5.92 Å². The Bertz CT molecular complexity index is 594. The number of aromatic nitrogens is 4. The first kappa shape index (κ1) is 13.9. The second-order valence-electron chi connectivity index (χ2n) is 5.28. The highest BCUT2D eigenvalue weighted by Gasteiger charge is 2.29. The summed E-state index contributed by atoms with van der Waals surface area (Å²) in [6.45, 7) is 5.04. The third-order valence-electron chi connectivity index (χ3n) is 3.58. The van der Waals surface area contributed by atoms with Gasteiger partial charge in [0.2, 0.25) is 5.82 Å². The Kier molecular flexibility index (Phi) is 4.10. The number of rotatable bonds is 5. The summed E-state index contributed by atoms with van der Waals surface area (Å²) < 4.78 is 7.08. The molecule has 112 valence electrons. The van der Waals surface area contributed by atoms with Crippen LogP contribution >= 0.6 is 0 Å². The normalized spacial score (nSPS) is 18.5. The third-order valence-corrected chi connectivity index (χ3v) is 3.58. The van der Waals surface area contributed by atoms with Gasteiger partial charge >= 0.3 is 0 Å². The molecule has 0 aliphatic carbocycles. The summed E-state index contributed by atoms with van der Waals surface area (Å²) in [5, 5.41) is 4.18. The van der Waals surface area contributed by atoms with E-state index in [2.05, 4.69) is 22.0 Å². The van der Waals surface area contributed by atoms with E-state index in [0.29, 0.717) is 18.2 Å². The van der Waals surface area contributed by atoms with E-state index in [1.807, 2.05) is 0 Å². The summed E-state index contributed by atoms with van der Waals surface area (Å²) in [4.78, 5) is 22.5. The predicted molar refractivity (Wildman–Crippen MR) is 75.9 cm³/mol. The van der Waals surface area contributed by atoms with Gasteiger partial charge in [0.1, 0.15) is 0 Å². The zero-order valence-corrected chi connectivity index (χ0v) is 12.1. The second kappa shape index (κ2) is 6.17. The molecule has 2 aromatic heterocycles. The van der Waals surface area contributed by atoms with Gasteiger partial charge in [0.15, 0.2) is 0 Å². The molecular formula is C14H19N5O2. The molecule has 0 radical (unpaired) electrons. The van der Waals surface area contributed by atoms with Crippen molar-refractivity contribution in [2.75, 3.05) is 26.3 Å². The predicted octanol–water partition coefficient (Wildman–Crippen LogP) is 1.01. The topological polar surface area (TPSA) is 72.6 Å². The van der Waals surface area contributed by atoms with Gasteiger partial charge in [-0.25, -0.2) is 9.50 Å². The molecule has 2 aromatic rings. The molecule has 0 N–H and O–H groups in total. The van der Waals surface area contributed by atoms with Crippen LogP contribution in [0.1, 0.15) is 30.4 Å². The zero-order valence-electron chi connectivity index (χ0n) is 12.1. The molecule has 1 amide bonds. The van der Waals surface area contributed by atoms with Crippen LogP contribution in [-0.4, -0.2) is 56.7 Å². The molecule has 3 heterocycles. The molecule has 0 saturated carbocycles. The number of hydrogen-bond acceptors (Lipinski definition) is 5. The summed E-state index contributed by atoms with van der Waals surface area (Å²) in [7, 11) is 0. The fourth-order valence-corrected chi connectivity index (χ4v) is 2.51. The maximum Gasteiger partial charge on any atom is 0.293 e. The van der Waals surface area contributed by atoms with Crippen LogP contribution in [0.4, 0.5) is 0 Å². The molecule has 1 aliphatic heterocycles. The van der Waals surface area contributed by atoms with Crippen molar-refractivity contribution in [3.63, 3.8) is 0 Å². The minimum absolute atomic E-state index is 0.126. The lowest BCUT2D eigenvalue weighted by atomic mass is 10.1. The number of nitrogens with zero attached hydrogens (tertiary/aromatic N) is 5. The molecule has 1 fully saturated rings. The Balaban J connectivity index is 1.63. The molecule has 7 nitrogen and oxygen atoms in total. The van der Waals surface area contributed by atoms with Crippen molar-refractivity contribution >= 4 is 11.7 Å². The molecule has 21 heavy (non-hydrogen) atoms. The Labute approximate surface area is 122 Å². The first-order valence-electron chi connectivity index (χ1n) is 7.32. The van der Waals surface area contributed by atoms with Gasteiger partial charge < -0.3 is 9.64 Å². The van der Waals surface area contributed by atoms with Gasteiger partial charge in [-0.3, -0.25) is 4.79 Å².